The molecule has 2 N–H and O–H groups in total. The molecule has 3 rings (SSSR count). The molecule has 1 amide bonds. The molecular formula is C19H22N3O2S+. The lowest BCUT2D eigenvalue weighted by Gasteiger charge is -2.13. The van der Waals surface area contributed by atoms with Gasteiger partial charge in [-0.3, -0.25) is 4.79 Å². The van der Waals surface area contributed by atoms with Crippen LogP contribution in [0.4, 0.5) is 5.69 Å². The van der Waals surface area contributed by atoms with Crippen LogP contribution in [-0.4, -0.2) is 24.7 Å². The molecule has 6 heteroatoms. The largest absolute Gasteiger partial charge is 0.355 e. The second-order valence-electron chi connectivity index (χ2n) is 6.03. The van der Waals surface area contributed by atoms with Crippen LogP contribution in [-0.2, 0) is 17.8 Å². The van der Waals surface area contributed by atoms with Gasteiger partial charge in [-0.15, -0.1) is 11.3 Å². The smallest absolute Gasteiger partial charge is 0.279 e. The van der Waals surface area contributed by atoms with Crippen LogP contribution in [0.3, 0.4) is 0 Å². The van der Waals surface area contributed by atoms with Gasteiger partial charge in [0.2, 0.25) is 0 Å². The Labute approximate surface area is 151 Å². The van der Waals surface area contributed by atoms with Crippen LogP contribution >= 0.6 is 11.3 Å². The van der Waals surface area contributed by atoms with Crippen LogP contribution in [0.25, 0.3) is 10.6 Å². The zero-order valence-corrected chi connectivity index (χ0v) is 15.2. The number of likely N-dealkylation sites (N-methyl/N-ethyl adjacent to an activating group) is 1. The summed E-state index contributed by atoms with van der Waals surface area (Å²) in [5.41, 5.74) is 2.89. The van der Waals surface area contributed by atoms with E-state index in [2.05, 4.69) is 17.4 Å². The fourth-order valence-corrected chi connectivity index (χ4v) is 3.39. The molecule has 0 bridgehead atoms. The van der Waals surface area contributed by atoms with Crippen molar-refractivity contribution in [3.05, 3.63) is 59.1 Å². The second-order valence-corrected chi connectivity index (χ2v) is 6.98. The van der Waals surface area contributed by atoms with Gasteiger partial charge in [-0.1, -0.05) is 36.3 Å². The van der Waals surface area contributed by atoms with Crippen molar-refractivity contribution in [1.29, 1.82) is 0 Å². The molecule has 0 radical (unpaired) electrons. The van der Waals surface area contributed by atoms with Crippen LogP contribution in [0, 0.1) is 0 Å². The van der Waals surface area contributed by atoms with Crippen LogP contribution < -0.4 is 10.2 Å². The van der Waals surface area contributed by atoms with E-state index in [1.165, 1.54) is 0 Å². The maximum atomic E-state index is 12.3. The lowest BCUT2D eigenvalue weighted by molar-refractivity contribution is -0.885. The number of amides is 1. The molecule has 25 heavy (non-hydrogen) atoms. The number of benzene rings is 1. The summed E-state index contributed by atoms with van der Waals surface area (Å²) in [5.74, 6) is 0.777. The summed E-state index contributed by atoms with van der Waals surface area (Å²) >= 11 is 1.62. The van der Waals surface area contributed by atoms with Gasteiger partial charge >= 0.3 is 0 Å². The fourth-order valence-electron chi connectivity index (χ4n) is 2.72. The van der Waals surface area contributed by atoms with E-state index in [1.54, 1.807) is 11.3 Å². The van der Waals surface area contributed by atoms with Gasteiger partial charge in [0, 0.05) is 11.8 Å². The summed E-state index contributed by atoms with van der Waals surface area (Å²) in [5, 5.41) is 9.12. The summed E-state index contributed by atoms with van der Waals surface area (Å²) in [4.78, 5) is 14.4. The topological polar surface area (TPSA) is 59.6 Å². The summed E-state index contributed by atoms with van der Waals surface area (Å²) in [6.07, 6.45) is 0.892. The second kappa shape index (κ2) is 8.09. The summed E-state index contributed by atoms with van der Waals surface area (Å²) < 4.78 is 5.39. The number of para-hydroxylation sites is 1. The van der Waals surface area contributed by atoms with Crippen LogP contribution in [0.2, 0.25) is 0 Å². The number of thiophene rings is 1. The molecule has 130 valence electrons. The molecule has 1 aromatic carbocycles. The quantitative estimate of drug-likeness (QED) is 0.684. The molecule has 1 atom stereocenters. The average Bonchev–Trinajstić information content (AvgIpc) is 3.26. The number of hydrogen-bond donors (Lipinski definition) is 2. The predicted molar refractivity (Wildman–Crippen MR) is 99.7 cm³/mol. The number of quaternary nitrogens is 1. The van der Waals surface area contributed by atoms with Crippen molar-refractivity contribution in [3.8, 4) is 10.6 Å². The molecule has 2 aromatic heterocycles. The number of hydrogen-bond acceptors (Lipinski definition) is 4. The SMILES string of the molecule is CCc1ccccc1NC(=O)C[NH+](C)Cc1cc(-c2cccs2)on1. The maximum absolute atomic E-state index is 12.3. The molecule has 0 fully saturated rings. The Morgan fingerprint density at radius 3 is 2.88 bits per heavy atom. The van der Waals surface area contributed by atoms with E-state index < -0.39 is 0 Å². The van der Waals surface area contributed by atoms with E-state index in [1.807, 2.05) is 54.9 Å². The van der Waals surface area contributed by atoms with Crippen molar-refractivity contribution in [3.63, 3.8) is 0 Å². The van der Waals surface area contributed by atoms with Gasteiger partial charge < -0.3 is 14.7 Å². The van der Waals surface area contributed by atoms with E-state index in [0.717, 1.165) is 38.9 Å². The molecule has 0 aliphatic rings. The zero-order valence-electron chi connectivity index (χ0n) is 14.4. The van der Waals surface area contributed by atoms with E-state index in [4.69, 9.17) is 4.52 Å². The minimum atomic E-state index is 0.000347. The van der Waals surface area contributed by atoms with Crippen molar-refractivity contribution in [2.45, 2.75) is 19.9 Å². The third-order valence-electron chi connectivity index (χ3n) is 3.94. The molecule has 1 unspecified atom stereocenters. The molecule has 3 aromatic rings. The van der Waals surface area contributed by atoms with Crippen LogP contribution in [0.5, 0.6) is 0 Å². The van der Waals surface area contributed by atoms with Gasteiger partial charge in [0.25, 0.3) is 5.91 Å². The average molecular weight is 356 g/mol. The number of aryl methyl sites for hydroxylation is 1. The highest BCUT2D eigenvalue weighted by Crippen LogP contribution is 2.24. The standard InChI is InChI=1S/C19H21N3O2S/c1-3-14-7-4-5-8-16(14)20-19(23)13-22(2)12-15-11-17(24-21-15)18-9-6-10-25-18/h4-11H,3,12-13H2,1-2H3,(H,20,23)/p+1. The van der Waals surface area contributed by atoms with Crippen molar-refractivity contribution in [2.24, 2.45) is 0 Å². The summed E-state index contributed by atoms with van der Waals surface area (Å²) in [7, 11) is 1.98. The molecular weight excluding hydrogens is 334 g/mol. The van der Waals surface area contributed by atoms with E-state index in [-0.39, 0.29) is 5.91 Å². The van der Waals surface area contributed by atoms with Gasteiger partial charge in [0.05, 0.1) is 11.9 Å². The lowest BCUT2D eigenvalue weighted by Crippen LogP contribution is -3.08. The van der Waals surface area contributed by atoms with Crippen LogP contribution in [0.1, 0.15) is 18.2 Å². The summed E-state index contributed by atoms with van der Waals surface area (Å²) in [6.45, 7) is 3.09. The first kappa shape index (κ1) is 17.4. The molecule has 0 saturated heterocycles. The number of anilines is 1. The van der Waals surface area contributed by atoms with Crippen molar-refractivity contribution < 1.29 is 14.2 Å². The third-order valence-corrected chi connectivity index (χ3v) is 4.82. The van der Waals surface area contributed by atoms with E-state index in [0.29, 0.717) is 13.1 Å². The molecule has 5 nitrogen and oxygen atoms in total. The first-order valence-electron chi connectivity index (χ1n) is 8.34. The predicted octanol–water partition coefficient (Wildman–Crippen LogP) is 2.62. The highest BCUT2D eigenvalue weighted by atomic mass is 32.1. The van der Waals surface area contributed by atoms with E-state index >= 15 is 0 Å². The maximum Gasteiger partial charge on any atom is 0.279 e. The Bertz CT molecular complexity index is 827. The molecule has 0 aliphatic heterocycles. The Balaban J connectivity index is 1.55. The normalized spacial score (nSPS) is 12.1. The number of nitrogens with one attached hydrogen (secondary N) is 2. The van der Waals surface area contributed by atoms with Gasteiger partial charge in [0.1, 0.15) is 12.2 Å². The first-order valence-corrected chi connectivity index (χ1v) is 9.22. The minimum Gasteiger partial charge on any atom is -0.355 e. The number of carbonyl (C=O) groups excluding carboxylic acids is 1. The Kier molecular flexibility index (Phi) is 5.63. The third kappa shape index (κ3) is 4.55. The first-order chi connectivity index (χ1) is 12.2. The highest BCUT2D eigenvalue weighted by molar-refractivity contribution is 7.13. The zero-order chi connectivity index (χ0) is 17.6. The molecule has 0 aliphatic carbocycles. The Hall–Kier alpha value is -2.44. The van der Waals surface area contributed by atoms with Crippen molar-refractivity contribution in [1.82, 2.24) is 5.16 Å². The Morgan fingerprint density at radius 1 is 1.28 bits per heavy atom. The fraction of sp³-hybridized carbons (Fsp3) is 0.263. The summed E-state index contributed by atoms with van der Waals surface area (Å²) in [6, 6.07) is 13.8. The van der Waals surface area contributed by atoms with Crippen LogP contribution in [0.15, 0.2) is 52.4 Å². The van der Waals surface area contributed by atoms with Gasteiger partial charge in [-0.25, -0.2) is 0 Å². The minimum absolute atomic E-state index is 0.000347. The van der Waals surface area contributed by atoms with Crippen molar-refractivity contribution in [2.75, 3.05) is 18.9 Å². The molecule has 0 spiro atoms. The van der Waals surface area contributed by atoms with Gasteiger partial charge in [0.15, 0.2) is 12.3 Å². The lowest BCUT2D eigenvalue weighted by atomic mass is 10.1. The Morgan fingerprint density at radius 2 is 2.12 bits per heavy atom. The number of rotatable bonds is 7. The molecule has 0 saturated carbocycles. The van der Waals surface area contributed by atoms with E-state index in [9.17, 15) is 4.79 Å². The monoisotopic (exact) mass is 356 g/mol. The van der Waals surface area contributed by atoms with Crippen molar-refractivity contribution >= 4 is 22.9 Å². The number of nitrogens with zero attached hydrogens (tertiary/aromatic N) is 1. The highest BCUT2D eigenvalue weighted by Gasteiger charge is 2.15. The number of aromatic nitrogens is 1. The number of carbonyl (C=O) groups is 1. The molecule has 2 heterocycles. The van der Waals surface area contributed by atoms with Gasteiger partial charge in [-0.05, 0) is 29.5 Å². The van der Waals surface area contributed by atoms with Gasteiger partial charge in [-0.2, -0.15) is 0 Å².